The molecule has 0 atom stereocenters. The Hall–Kier alpha value is -3.26. The van der Waals surface area contributed by atoms with Gasteiger partial charge in [-0.2, -0.15) is 5.26 Å². The molecule has 0 saturated carbocycles. The first-order valence-corrected chi connectivity index (χ1v) is 8.89. The molecule has 2 aromatic rings. The molecular weight excluding hydrogens is 340 g/mol. The van der Waals surface area contributed by atoms with Crippen LogP contribution in [0.1, 0.15) is 30.5 Å². The molecule has 1 N–H and O–H groups in total. The number of anilines is 1. The highest BCUT2D eigenvalue weighted by Crippen LogP contribution is 2.29. The third kappa shape index (κ3) is 5.11. The number of rotatable bonds is 7. The lowest BCUT2D eigenvalue weighted by Gasteiger charge is -2.12. The number of nitrogens with one attached hydrogen (secondary N) is 1. The van der Waals surface area contributed by atoms with Gasteiger partial charge in [-0.05, 0) is 68.7 Å². The summed E-state index contributed by atoms with van der Waals surface area (Å²) in [5, 5.41) is 12.2. The summed E-state index contributed by atoms with van der Waals surface area (Å²) in [6.07, 6.45) is 1.54. The summed E-state index contributed by atoms with van der Waals surface area (Å²) in [7, 11) is 0. The quantitative estimate of drug-likeness (QED) is 0.573. The third-order valence-corrected chi connectivity index (χ3v) is 4.10. The third-order valence-electron chi connectivity index (χ3n) is 4.10. The van der Waals surface area contributed by atoms with E-state index < -0.39 is 5.91 Å². The van der Waals surface area contributed by atoms with Crippen LogP contribution in [-0.2, 0) is 4.79 Å². The van der Waals surface area contributed by atoms with Crippen molar-refractivity contribution >= 4 is 17.7 Å². The zero-order valence-electron chi connectivity index (χ0n) is 16.1. The van der Waals surface area contributed by atoms with Crippen LogP contribution in [0.3, 0.4) is 0 Å². The lowest BCUT2D eigenvalue weighted by molar-refractivity contribution is -0.112. The van der Waals surface area contributed by atoms with Gasteiger partial charge in [0.1, 0.15) is 11.6 Å². The second kappa shape index (κ2) is 9.44. The molecule has 5 heteroatoms. The molecule has 0 heterocycles. The van der Waals surface area contributed by atoms with Crippen molar-refractivity contribution in [2.75, 3.05) is 18.5 Å². The van der Waals surface area contributed by atoms with E-state index in [2.05, 4.69) is 5.32 Å². The predicted octanol–water partition coefficient (Wildman–Crippen LogP) is 4.65. The lowest BCUT2D eigenvalue weighted by atomic mass is 10.1. The number of nitriles is 1. The Kier molecular flexibility index (Phi) is 7.01. The van der Waals surface area contributed by atoms with Crippen molar-refractivity contribution in [3.05, 3.63) is 58.7 Å². The molecule has 0 saturated heterocycles. The number of ether oxygens (including phenoxy) is 2. The van der Waals surface area contributed by atoms with Crippen molar-refractivity contribution < 1.29 is 14.3 Å². The minimum Gasteiger partial charge on any atom is -0.490 e. The fourth-order valence-corrected chi connectivity index (χ4v) is 2.55. The van der Waals surface area contributed by atoms with E-state index in [9.17, 15) is 10.1 Å². The summed E-state index contributed by atoms with van der Waals surface area (Å²) in [6.45, 7) is 8.71. The van der Waals surface area contributed by atoms with Gasteiger partial charge in [0.25, 0.3) is 5.91 Å². The largest absolute Gasteiger partial charge is 0.490 e. The van der Waals surface area contributed by atoms with Crippen LogP contribution in [0, 0.1) is 25.2 Å². The number of benzene rings is 2. The SMILES string of the molecule is CCOc1ccc(C=C(C#N)C(=O)Nc2cccc(C)c2C)cc1OCC. The zero-order valence-corrected chi connectivity index (χ0v) is 16.1. The summed E-state index contributed by atoms with van der Waals surface area (Å²) in [4.78, 5) is 12.5. The van der Waals surface area contributed by atoms with Gasteiger partial charge in [-0.15, -0.1) is 0 Å². The monoisotopic (exact) mass is 364 g/mol. The number of nitrogens with zero attached hydrogens (tertiary/aromatic N) is 1. The molecule has 2 aromatic carbocycles. The Bertz CT molecular complexity index is 895. The fourth-order valence-electron chi connectivity index (χ4n) is 2.55. The van der Waals surface area contributed by atoms with Gasteiger partial charge in [-0.1, -0.05) is 18.2 Å². The van der Waals surface area contributed by atoms with Gasteiger partial charge in [0.2, 0.25) is 0 Å². The van der Waals surface area contributed by atoms with Gasteiger partial charge in [-0.25, -0.2) is 0 Å². The normalized spacial score (nSPS) is 10.9. The van der Waals surface area contributed by atoms with E-state index in [1.807, 2.05) is 52.0 Å². The van der Waals surface area contributed by atoms with E-state index in [0.717, 1.165) is 11.1 Å². The van der Waals surface area contributed by atoms with Gasteiger partial charge in [-0.3, -0.25) is 4.79 Å². The number of hydrogen-bond acceptors (Lipinski definition) is 4. The molecule has 0 bridgehead atoms. The average Bonchev–Trinajstić information content (AvgIpc) is 2.65. The molecule has 5 nitrogen and oxygen atoms in total. The first kappa shape index (κ1) is 20.1. The maximum atomic E-state index is 12.5. The maximum absolute atomic E-state index is 12.5. The van der Waals surface area contributed by atoms with Crippen LogP contribution in [-0.4, -0.2) is 19.1 Å². The second-order valence-electron chi connectivity index (χ2n) is 5.94. The molecule has 2 rings (SSSR count). The Labute approximate surface area is 160 Å². The van der Waals surface area contributed by atoms with Gasteiger partial charge in [0.15, 0.2) is 11.5 Å². The maximum Gasteiger partial charge on any atom is 0.266 e. The predicted molar refractivity (Wildman–Crippen MR) is 107 cm³/mol. The van der Waals surface area contributed by atoms with E-state index in [4.69, 9.17) is 9.47 Å². The van der Waals surface area contributed by atoms with Crippen molar-refractivity contribution in [3.8, 4) is 17.6 Å². The Balaban J connectivity index is 2.29. The molecule has 140 valence electrons. The number of carbonyl (C=O) groups is 1. The van der Waals surface area contributed by atoms with Crippen molar-refractivity contribution in [2.45, 2.75) is 27.7 Å². The van der Waals surface area contributed by atoms with E-state index in [0.29, 0.717) is 36.0 Å². The Morgan fingerprint density at radius 3 is 2.48 bits per heavy atom. The minimum atomic E-state index is -0.446. The van der Waals surface area contributed by atoms with E-state index in [-0.39, 0.29) is 5.57 Å². The van der Waals surface area contributed by atoms with Crippen LogP contribution >= 0.6 is 0 Å². The van der Waals surface area contributed by atoms with Crippen molar-refractivity contribution in [1.82, 2.24) is 0 Å². The molecular formula is C22H24N2O3. The van der Waals surface area contributed by atoms with Gasteiger partial charge < -0.3 is 14.8 Å². The molecule has 27 heavy (non-hydrogen) atoms. The average molecular weight is 364 g/mol. The smallest absolute Gasteiger partial charge is 0.266 e. The van der Waals surface area contributed by atoms with Gasteiger partial charge >= 0.3 is 0 Å². The minimum absolute atomic E-state index is 0.0162. The van der Waals surface area contributed by atoms with E-state index >= 15 is 0 Å². The first-order valence-electron chi connectivity index (χ1n) is 8.89. The number of aryl methyl sites for hydroxylation is 1. The van der Waals surface area contributed by atoms with Crippen molar-refractivity contribution in [1.29, 1.82) is 5.26 Å². The molecule has 1 amide bonds. The van der Waals surface area contributed by atoms with Crippen LogP contribution in [0.15, 0.2) is 42.0 Å². The molecule has 0 radical (unpaired) electrons. The fraction of sp³-hybridized carbons (Fsp3) is 0.273. The van der Waals surface area contributed by atoms with Gasteiger partial charge in [0.05, 0.1) is 13.2 Å². The molecule has 0 aliphatic carbocycles. The second-order valence-corrected chi connectivity index (χ2v) is 5.94. The number of amides is 1. The summed E-state index contributed by atoms with van der Waals surface area (Å²) < 4.78 is 11.1. The molecule has 0 aliphatic heterocycles. The van der Waals surface area contributed by atoms with Crippen LogP contribution < -0.4 is 14.8 Å². The van der Waals surface area contributed by atoms with Crippen LogP contribution in [0.4, 0.5) is 5.69 Å². The number of hydrogen-bond donors (Lipinski definition) is 1. The van der Waals surface area contributed by atoms with Crippen LogP contribution in [0.5, 0.6) is 11.5 Å². The Morgan fingerprint density at radius 2 is 1.81 bits per heavy atom. The molecule has 0 unspecified atom stereocenters. The van der Waals surface area contributed by atoms with Crippen molar-refractivity contribution in [3.63, 3.8) is 0 Å². The van der Waals surface area contributed by atoms with E-state index in [1.165, 1.54) is 0 Å². The molecule has 0 spiro atoms. The number of carbonyl (C=O) groups excluding carboxylic acids is 1. The highest BCUT2D eigenvalue weighted by atomic mass is 16.5. The summed E-state index contributed by atoms with van der Waals surface area (Å²) in [6, 6.07) is 13.0. The molecule has 0 aliphatic rings. The zero-order chi connectivity index (χ0) is 19.8. The highest BCUT2D eigenvalue weighted by molar-refractivity contribution is 6.10. The summed E-state index contributed by atoms with van der Waals surface area (Å²) in [5.74, 6) is 0.771. The molecule has 0 aromatic heterocycles. The topological polar surface area (TPSA) is 71.3 Å². The highest BCUT2D eigenvalue weighted by Gasteiger charge is 2.12. The van der Waals surface area contributed by atoms with Crippen molar-refractivity contribution in [2.24, 2.45) is 0 Å². The summed E-state index contributed by atoms with van der Waals surface area (Å²) in [5.41, 5.74) is 3.45. The summed E-state index contributed by atoms with van der Waals surface area (Å²) >= 11 is 0. The lowest BCUT2D eigenvalue weighted by Crippen LogP contribution is -2.14. The van der Waals surface area contributed by atoms with Crippen LogP contribution in [0.25, 0.3) is 6.08 Å². The van der Waals surface area contributed by atoms with Crippen LogP contribution in [0.2, 0.25) is 0 Å². The first-order chi connectivity index (χ1) is 13.0. The standard InChI is InChI=1S/C22H24N2O3/c1-5-26-20-11-10-17(13-21(20)27-6-2)12-18(14-23)22(25)24-19-9-7-8-15(3)16(19)4/h7-13H,5-6H2,1-4H3,(H,24,25). The van der Waals surface area contributed by atoms with E-state index in [1.54, 1.807) is 24.3 Å². The van der Waals surface area contributed by atoms with Gasteiger partial charge in [0, 0.05) is 5.69 Å². The Morgan fingerprint density at radius 1 is 1.11 bits per heavy atom. The molecule has 0 fully saturated rings.